The van der Waals surface area contributed by atoms with Gasteiger partial charge in [0.1, 0.15) is 0 Å². The van der Waals surface area contributed by atoms with Crippen LogP contribution in [0.25, 0.3) is 0 Å². The van der Waals surface area contributed by atoms with Gasteiger partial charge in [0.25, 0.3) is 5.91 Å². The zero-order valence-electron chi connectivity index (χ0n) is 13.1. The number of amides is 1. The SMILES string of the molecule is CS(=O)(=O)N(CCNC(=O)c1ccco1)c1ccccc1C(F)(F)F. The first kappa shape index (κ1) is 18.8. The van der Waals surface area contributed by atoms with E-state index in [0.717, 1.165) is 18.4 Å². The molecule has 1 amide bonds. The van der Waals surface area contributed by atoms with Crippen molar-refractivity contribution in [1.82, 2.24) is 5.32 Å². The van der Waals surface area contributed by atoms with Crippen molar-refractivity contribution in [3.63, 3.8) is 0 Å². The minimum atomic E-state index is -4.71. The van der Waals surface area contributed by atoms with Crippen molar-refractivity contribution in [3.05, 3.63) is 54.0 Å². The second-order valence-corrected chi connectivity index (χ2v) is 6.99. The fourth-order valence-electron chi connectivity index (χ4n) is 2.16. The third-order valence-corrected chi connectivity index (χ3v) is 4.40. The Morgan fingerprint density at radius 1 is 1.20 bits per heavy atom. The standard InChI is InChI=1S/C15H15F3N2O4S/c1-25(22,23)20(9-8-19-14(21)13-7-4-10-24-13)12-6-3-2-5-11(12)15(16,17)18/h2-7,10H,8-9H2,1H3,(H,19,21). The number of carbonyl (C=O) groups is 1. The molecule has 0 bridgehead atoms. The van der Waals surface area contributed by atoms with Crippen molar-refractivity contribution >= 4 is 21.6 Å². The molecule has 0 fully saturated rings. The number of benzene rings is 1. The fraction of sp³-hybridized carbons (Fsp3) is 0.267. The second-order valence-electron chi connectivity index (χ2n) is 5.08. The van der Waals surface area contributed by atoms with Crippen molar-refractivity contribution in [2.45, 2.75) is 6.18 Å². The van der Waals surface area contributed by atoms with E-state index in [-0.39, 0.29) is 18.8 Å². The molecule has 136 valence electrons. The number of carbonyl (C=O) groups excluding carboxylic acids is 1. The number of halogens is 3. The Morgan fingerprint density at radius 2 is 1.88 bits per heavy atom. The van der Waals surface area contributed by atoms with Crippen molar-refractivity contribution in [1.29, 1.82) is 0 Å². The van der Waals surface area contributed by atoms with Gasteiger partial charge in [0.2, 0.25) is 10.0 Å². The highest BCUT2D eigenvalue weighted by Gasteiger charge is 2.36. The van der Waals surface area contributed by atoms with Gasteiger partial charge in [-0.1, -0.05) is 12.1 Å². The van der Waals surface area contributed by atoms with Crippen LogP contribution in [0.15, 0.2) is 47.1 Å². The molecule has 1 aromatic carbocycles. The summed E-state index contributed by atoms with van der Waals surface area (Å²) in [6.07, 6.45) is -2.62. The summed E-state index contributed by atoms with van der Waals surface area (Å²) in [5.41, 5.74) is -1.57. The van der Waals surface area contributed by atoms with Crippen LogP contribution in [0.4, 0.5) is 18.9 Å². The average molecular weight is 376 g/mol. The van der Waals surface area contributed by atoms with Crippen LogP contribution < -0.4 is 9.62 Å². The van der Waals surface area contributed by atoms with E-state index in [4.69, 9.17) is 4.42 Å². The molecule has 6 nitrogen and oxygen atoms in total. The van der Waals surface area contributed by atoms with E-state index < -0.39 is 33.4 Å². The Morgan fingerprint density at radius 3 is 2.44 bits per heavy atom. The molecule has 1 heterocycles. The number of rotatable bonds is 6. The zero-order valence-corrected chi connectivity index (χ0v) is 13.9. The van der Waals surface area contributed by atoms with E-state index >= 15 is 0 Å². The topological polar surface area (TPSA) is 79.6 Å². The number of hydrogen-bond donors (Lipinski definition) is 1. The van der Waals surface area contributed by atoms with Crippen LogP contribution in [0.3, 0.4) is 0 Å². The van der Waals surface area contributed by atoms with Crippen LogP contribution in [0.1, 0.15) is 16.1 Å². The number of furan rings is 1. The molecule has 0 aliphatic heterocycles. The fourth-order valence-corrected chi connectivity index (χ4v) is 3.10. The molecule has 0 unspecified atom stereocenters. The number of sulfonamides is 1. The highest BCUT2D eigenvalue weighted by molar-refractivity contribution is 7.92. The average Bonchev–Trinajstić information content (AvgIpc) is 3.03. The molecule has 25 heavy (non-hydrogen) atoms. The van der Waals surface area contributed by atoms with E-state index in [2.05, 4.69) is 5.32 Å². The smallest absolute Gasteiger partial charge is 0.418 e. The highest BCUT2D eigenvalue weighted by Crippen LogP contribution is 2.37. The van der Waals surface area contributed by atoms with Crippen molar-refractivity contribution < 1.29 is 30.8 Å². The van der Waals surface area contributed by atoms with Gasteiger partial charge in [-0.25, -0.2) is 8.42 Å². The van der Waals surface area contributed by atoms with Gasteiger partial charge in [-0.05, 0) is 24.3 Å². The number of nitrogens with one attached hydrogen (secondary N) is 1. The number of alkyl halides is 3. The van der Waals surface area contributed by atoms with Crippen LogP contribution >= 0.6 is 0 Å². The quantitative estimate of drug-likeness (QED) is 0.840. The minimum absolute atomic E-state index is 0.0154. The Balaban J connectivity index is 2.20. The number of para-hydroxylation sites is 1. The summed E-state index contributed by atoms with van der Waals surface area (Å²) < 4.78 is 68.8. The van der Waals surface area contributed by atoms with E-state index in [1.807, 2.05) is 0 Å². The summed E-state index contributed by atoms with van der Waals surface area (Å²) >= 11 is 0. The van der Waals surface area contributed by atoms with E-state index in [1.165, 1.54) is 30.5 Å². The van der Waals surface area contributed by atoms with E-state index in [0.29, 0.717) is 4.31 Å². The summed E-state index contributed by atoms with van der Waals surface area (Å²) in [5.74, 6) is -0.579. The molecule has 10 heteroatoms. The van der Waals surface area contributed by atoms with Gasteiger partial charge in [-0.2, -0.15) is 13.2 Å². The lowest BCUT2D eigenvalue weighted by molar-refractivity contribution is -0.137. The van der Waals surface area contributed by atoms with Crippen LogP contribution in [0, 0.1) is 0 Å². The number of anilines is 1. The largest absolute Gasteiger partial charge is 0.459 e. The first-order chi connectivity index (χ1) is 11.6. The highest BCUT2D eigenvalue weighted by atomic mass is 32.2. The zero-order chi connectivity index (χ0) is 18.7. The van der Waals surface area contributed by atoms with Gasteiger partial charge in [0, 0.05) is 6.54 Å². The normalized spacial score (nSPS) is 12.0. The molecule has 0 saturated carbocycles. The summed E-state index contributed by atoms with van der Waals surface area (Å²) in [6, 6.07) is 7.25. The minimum Gasteiger partial charge on any atom is -0.459 e. The third kappa shape index (κ3) is 4.75. The molecular formula is C15H15F3N2O4S. The predicted octanol–water partition coefficient (Wildman–Crippen LogP) is 2.49. The van der Waals surface area contributed by atoms with Gasteiger partial charge < -0.3 is 9.73 Å². The maximum absolute atomic E-state index is 13.1. The summed E-state index contributed by atoms with van der Waals surface area (Å²) in [7, 11) is -3.99. The third-order valence-electron chi connectivity index (χ3n) is 3.22. The van der Waals surface area contributed by atoms with Gasteiger partial charge in [0.15, 0.2) is 5.76 Å². The monoisotopic (exact) mass is 376 g/mol. The van der Waals surface area contributed by atoms with Crippen LogP contribution in [-0.4, -0.2) is 33.7 Å². The van der Waals surface area contributed by atoms with Crippen molar-refractivity contribution in [3.8, 4) is 0 Å². The molecule has 2 aromatic rings. The van der Waals surface area contributed by atoms with E-state index in [9.17, 15) is 26.4 Å². The van der Waals surface area contributed by atoms with Crippen LogP contribution in [0.5, 0.6) is 0 Å². The molecule has 1 N–H and O–H groups in total. The van der Waals surface area contributed by atoms with Gasteiger partial charge in [-0.15, -0.1) is 0 Å². The molecular weight excluding hydrogens is 361 g/mol. The van der Waals surface area contributed by atoms with Gasteiger partial charge >= 0.3 is 6.18 Å². The molecule has 0 spiro atoms. The van der Waals surface area contributed by atoms with Crippen molar-refractivity contribution in [2.24, 2.45) is 0 Å². The van der Waals surface area contributed by atoms with Crippen LogP contribution in [0.2, 0.25) is 0 Å². The Bertz CT molecular complexity index is 833. The molecule has 1 aromatic heterocycles. The van der Waals surface area contributed by atoms with Gasteiger partial charge in [0.05, 0.1) is 30.3 Å². The van der Waals surface area contributed by atoms with Gasteiger partial charge in [-0.3, -0.25) is 9.10 Å². The summed E-state index contributed by atoms with van der Waals surface area (Å²) in [4.78, 5) is 11.7. The first-order valence-electron chi connectivity index (χ1n) is 7.06. The molecule has 0 saturated heterocycles. The lowest BCUT2D eigenvalue weighted by Crippen LogP contribution is -2.39. The maximum atomic E-state index is 13.1. The first-order valence-corrected chi connectivity index (χ1v) is 8.91. The summed E-state index contributed by atoms with van der Waals surface area (Å²) in [6.45, 7) is -0.558. The Kier molecular flexibility index (Phi) is 5.41. The number of nitrogens with zero attached hydrogens (tertiary/aromatic N) is 1. The van der Waals surface area contributed by atoms with Crippen LogP contribution in [-0.2, 0) is 16.2 Å². The lowest BCUT2D eigenvalue weighted by Gasteiger charge is -2.25. The molecule has 0 radical (unpaired) electrons. The van der Waals surface area contributed by atoms with E-state index in [1.54, 1.807) is 0 Å². The number of hydrogen-bond acceptors (Lipinski definition) is 4. The predicted molar refractivity (Wildman–Crippen MR) is 84.7 cm³/mol. The molecule has 0 aliphatic rings. The summed E-state index contributed by atoms with van der Waals surface area (Å²) in [5, 5.41) is 2.40. The molecule has 0 aliphatic carbocycles. The molecule has 2 rings (SSSR count). The molecule has 0 atom stereocenters. The Labute approximate surface area is 142 Å². The second kappa shape index (κ2) is 7.18. The lowest BCUT2D eigenvalue weighted by atomic mass is 10.1. The Hall–Kier alpha value is -2.49. The maximum Gasteiger partial charge on any atom is 0.418 e. The van der Waals surface area contributed by atoms with Crippen molar-refractivity contribution in [2.75, 3.05) is 23.7 Å².